The molecule has 1 aliphatic heterocycles. The number of rotatable bonds is 5. The zero-order valence-electron chi connectivity index (χ0n) is 14.6. The average molecular weight is 341 g/mol. The van der Waals surface area contributed by atoms with Gasteiger partial charge in [-0.2, -0.15) is 5.10 Å². The SMILES string of the molecule is CCC(C)n1ncc(C(=O)Nc2cccc3c2OCCO3)c1C1CC1. The molecular formula is C19H23N3O3. The van der Waals surface area contributed by atoms with Gasteiger partial charge in [-0.25, -0.2) is 0 Å². The Labute approximate surface area is 147 Å². The van der Waals surface area contributed by atoms with Crippen molar-refractivity contribution in [2.45, 2.75) is 45.1 Å². The van der Waals surface area contributed by atoms with Gasteiger partial charge in [0.2, 0.25) is 0 Å². The number of hydrogen-bond acceptors (Lipinski definition) is 4. The predicted molar refractivity (Wildman–Crippen MR) is 94.6 cm³/mol. The molecule has 1 aromatic carbocycles. The number of aromatic nitrogens is 2. The van der Waals surface area contributed by atoms with Gasteiger partial charge in [-0.15, -0.1) is 0 Å². The van der Waals surface area contributed by atoms with Crippen molar-refractivity contribution in [3.8, 4) is 11.5 Å². The molecular weight excluding hydrogens is 318 g/mol. The molecule has 6 heteroatoms. The molecule has 1 atom stereocenters. The number of ether oxygens (including phenoxy) is 2. The quantitative estimate of drug-likeness (QED) is 0.899. The Morgan fingerprint density at radius 3 is 2.92 bits per heavy atom. The predicted octanol–water partition coefficient (Wildman–Crippen LogP) is 3.76. The lowest BCUT2D eigenvalue weighted by atomic mass is 10.1. The normalized spacial score (nSPS) is 17.2. The molecule has 1 N–H and O–H groups in total. The Bertz CT molecular complexity index is 795. The highest BCUT2D eigenvalue weighted by Gasteiger charge is 2.33. The largest absolute Gasteiger partial charge is 0.486 e. The highest BCUT2D eigenvalue weighted by molar-refractivity contribution is 6.06. The van der Waals surface area contributed by atoms with Crippen LogP contribution in [0.3, 0.4) is 0 Å². The molecule has 1 aliphatic carbocycles. The summed E-state index contributed by atoms with van der Waals surface area (Å²) < 4.78 is 13.3. The maximum atomic E-state index is 12.9. The van der Waals surface area contributed by atoms with Crippen molar-refractivity contribution in [2.24, 2.45) is 0 Å². The number of amides is 1. The van der Waals surface area contributed by atoms with E-state index in [-0.39, 0.29) is 5.91 Å². The molecule has 0 spiro atoms. The lowest BCUT2D eigenvalue weighted by Crippen LogP contribution is -2.19. The third kappa shape index (κ3) is 2.97. The van der Waals surface area contributed by atoms with E-state index < -0.39 is 0 Å². The van der Waals surface area contributed by atoms with Crippen LogP contribution in [0.2, 0.25) is 0 Å². The van der Waals surface area contributed by atoms with Crippen LogP contribution < -0.4 is 14.8 Å². The van der Waals surface area contributed by atoms with Crippen LogP contribution in [0.4, 0.5) is 5.69 Å². The van der Waals surface area contributed by atoms with E-state index in [1.165, 1.54) is 0 Å². The average Bonchev–Trinajstić information content (AvgIpc) is 3.39. The van der Waals surface area contributed by atoms with Gasteiger partial charge in [0, 0.05) is 12.0 Å². The smallest absolute Gasteiger partial charge is 0.259 e. The van der Waals surface area contributed by atoms with Gasteiger partial charge in [0.1, 0.15) is 13.2 Å². The van der Waals surface area contributed by atoms with E-state index in [1.54, 1.807) is 6.20 Å². The van der Waals surface area contributed by atoms with Gasteiger partial charge in [0.15, 0.2) is 11.5 Å². The first-order chi connectivity index (χ1) is 12.2. The summed E-state index contributed by atoms with van der Waals surface area (Å²) in [5, 5.41) is 7.48. The summed E-state index contributed by atoms with van der Waals surface area (Å²) in [7, 11) is 0. The van der Waals surface area contributed by atoms with Crippen molar-refractivity contribution in [1.29, 1.82) is 0 Å². The Morgan fingerprint density at radius 1 is 1.36 bits per heavy atom. The van der Waals surface area contributed by atoms with Crippen molar-refractivity contribution in [3.63, 3.8) is 0 Å². The van der Waals surface area contributed by atoms with Gasteiger partial charge in [0.05, 0.1) is 23.1 Å². The number of carbonyl (C=O) groups is 1. The van der Waals surface area contributed by atoms with Gasteiger partial charge in [-0.1, -0.05) is 13.0 Å². The fourth-order valence-corrected chi connectivity index (χ4v) is 3.20. The number of nitrogens with zero attached hydrogens (tertiary/aromatic N) is 2. The van der Waals surface area contributed by atoms with Crippen molar-refractivity contribution in [1.82, 2.24) is 9.78 Å². The molecule has 4 rings (SSSR count). The fraction of sp³-hybridized carbons (Fsp3) is 0.474. The lowest BCUT2D eigenvalue weighted by molar-refractivity contribution is 0.102. The van der Waals surface area contributed by atoms with Crippen molar-refractivity contribution >= 4 is 11.6 Å². The second-order valence-corrected chi connectivity index (χ2v) is 6.70. The van der Waals surface area contributed by atoms with Crippen LogP contribution in [0.25, 0.3) is 0 Å². The minimum atomic E-state index is -0.140. The molecule has 1 unspecified atom stereocenters. The molecule has 1 amide bonds. The maximum Gasteiger partial charge on any atom is 0.259 e. The van der Waals surface area contributed by atoms with Crippen LogP contribution in [0.5, 0.6) is 11.5 Å². The third-order valence-electron chi connectivity index (χ3n) is 4.87. The van der Waals surface area contributed by atoms with Crippen LogP contribution in [0.1, 0.15) is 61.1 Å². The maximum absolute atomic E-state index is 12.9. The molecule has 132 valence electrons. The van der Waals surface area contributed by atoms with Crippen LogP contribution in [0, 0.1) is 0 Å². The Kier molecular flexibility index (Phi) is 4.11. The number of carbonyl (C=O) groups excluding carboxylic acids is 1. The van der Waals surface area contributed by atoms with Crippen LogP contribution in [-0.4, -0.2) is 28.9 Å². The molecule has 2 heterocycles. The second kappa shape index (κ2) is 6.43. The summed E-state index contributed by atoms with van der Waals surface area (Å²) in [6.45, 7) is 5.28. The number of hydrogen-bond donors (Lipinski definition) is 1. The fourth-order valence-electron chi connectivity index (χ4n) is 3.20. The Hall–Kier alpha value is -2.50. The number of benzene rings is 1. The zero-order valence-corrected chi connectivity index (χ0v) is 14.6. The van der Waals surface area contributed by atoms with Crippen LogP contribution >= 0.6 is 0 Å². The summed E-state index contributed by atoms with van der Waals surface area (Å²) in [4.78, 5) is 12.9. The summed E-state index contributed by atoms with van der Waals surface area (Å²) in [6.07, 6.45) is 4.93. The monoisotopic (exact) mass is 341 g/mol. The first-order valence-electron chi connectivity index (χ1n) is 8.96. The number of para-hydroxylation sites is 1. The summed E-state index contributed by atoms with van der Waals surface area (Å²) in [5.74, 6) is 1.58. The topological polar surface area (TPSA) is 65.4 Å². The molecule has 0 bridgehead atoms. The summed E-state index contributed by atoms with van der Waals surface area (Å²) in [5.41, 5.74) is 2.37. The van der Waals surface area contributed by atoms with Gasteiger partial charge >= 0.3 is 0 Å². The van der Waals surface area contributed by atoms with Gasteiger partial charge in [0.25, 0.3) is 5.91 Å². The molecule has 6 nitrogen and oxygen atoms in total. The van der Waals surface area contributed by atoms with Crippen LogP contribution in [0.15, 0.2) is 24.4 Å². The van der Waals surface area contributed by atoms with E-state index in [1.807, 2.05) is 22.9 Å². The van der Waals surface area contributed by atoms with Crippen molar-refractivity contribution in [3.05, 3.63) is 35.7 Å². The molecule has 2 aliphatic rings. The van der Waals surface area contributed by atoms with Crippen molar-refractivity contribution < 1.29 is 14.3 Å². The van der Waals surface area contributed by atoms with E-state index in [2.05, 4.69) is 24.3 Å². The molecule has 1 aromatic heterocycles. The molecule has 1 fully saturated rings. The van der Waals surface area contributed by atoms with E-state index in [0.29, 0.717) is 47.9 Å². The highest BCUT2D eigenvalue weighted by atomic mass is 16.6. The minimum Gasteiger partial charge on any atom is -0.486 e. The zero-order chi connectivity index (χ0) is 17.4. The lowest BCUT2D eigenvalue weighted by Gasteiger charge is -2.21. The highest BCUT2D eigenvalue weighted by Crippen LogP contribution is 2.43. The molecule has 25 heavy (non-hydrogen) atoms. The molecule has 0 radical (unpaired) electrons. The van der Waals surface area contributed by atoms with Gasteiger partial charge < -0.3 is 14.8 Å². The summed E-state index contributed by atoms with van der Waals surface area (Å²) in [6, 6.07) is 5.83. The first-order valence-corrected chi connectivity index (χ1v) is 8.96. The number of anilines is 1. The summed E-state index contributed by atoms with van der Waals surface area (Å²) >= 11 is 0. The molecule has 1 saturated carbocycles. The molecule has 2 aromatic rings. The van der Waals surface area contributed by atoms with E-state index in [9.17, 15) is 4.79 Å². The van der Waals surface area contributed by atoms with E-state index >= 15 is 0 Å². The standard InChI is InChI=1S/C19H23N3O3/c1-3-12(2)22-17(13-7-8-13)14(11-20-22)19(23)21-15-5-4-6-16-18(15)25-10-9-24-16/h4-6,11-13H,3,7-10H2,1-2H3,(H,21,23). The van der Waals surface area contributed by atoms with E-state index in [4.69, 9.17) is 9.47 Å². The third-order valence-corrected chi connectivity index (χ3v) is 4.87. The number of fused-ring (bicyclic) bond motifs is 1. The van der Waals surface area contributed by atoms with Gasteiger partial charge in [-0.05, 0) is 38.3 Å². The minimum absolute atomic E-state index is 0.140. The Balaban J connectivity index is 1.63. The van der Waals surface area contributed by atoms with Crippen LogP contribution in [-0.2, 0) is 0 Å². The second-order valence-electron chi connectivity index (χ2n) is 6.70. The molecule has 0 saturated heterocycles. The van der Waals surface area contributed by atoms with Gasteiger partial charge in [-0.3, -0.25) is 9.48 Å². The Morgan fingerprint density at radius 2 is 2.16 bits per heavy atom. The number of nitrogens with one attached hydrogen (secondary N) is 1. The first kappa shape index (κ1) is 16.0. The van der Waals surface area contributed by atoms with E-state index in [0.717, 1.165) is 25.0 Å². The van der Waals surface area contributed by atoms with Crippen molar-refractivity contribution in [2.75, 3.05) is 18.5 Å².